The summed E-state index contributed by atoms with van der Waals surface area (Å²) < 4.78 is 28.9. The molecule has 1 N–H and O–H groups in total. The van der Waals surface area contributed by atoms with Crippen LogP contribution in [0.4, 0.5) is 5.69 Å². The van der Waals surface area contributed by atoms with Crippen LogP contribution in [0.25, 0.3) is 5.69 Å². The molecule has 31 heavy (non-hydrogen) atoms. The maximum atomic E-state index is 12.8. The first-order chi connectivity index (χ1) is 14.8. The number of carbonyl (C=O) groups excluding carboxylic acids is 1. The van der Waals surface area contributed by atoms with Crippen LogP contribution in [0.3, 0.4) is 0 Å². The van der Waals surface area contributed by atoms with E-state index in [-0.39, 0.29) is 11.8 Å². The van der Waals surface area contributed by atoms with Gasteiger partial charge in [0.1, 0.15) is 0 Å². The van der Waals surface area contributed by atoms with E-state index >= 15 is 0 Å². The minimum atomic E-state index is -3.52. The van der Waals surface area contributed by atoms with Gasteiger partial charge in [-0.05, 0) is 63.1 Å². The predicted molar refractivity (Wildman–Crippen MR) is 120 cm³/mol. The van der Waals surface area contributed by atoms with E-state index in [9.17, 15) is 13.2 Å². The van der Waals surface area contributed by atoms with Gasteiger partial charge >= 0.3 is 0 Å². The second kappa shape index (κ2) is 8.64. The predicted octanol–water partition coefficient (Wildman–Crippen LogP) is 3.53. The van der Waals surface area contributed by atoms with Gasteiger partial charge < -0.3 is 5.32 Å². The molecule has 2 heterocycles. The number of nitrogens with zero attached hydrogens (tertiary/aromatic N) is 3. The zero-order valence-corrected chi connectivity index (χ0v) is 18.5. The highest BCUT2D eigenvalue weighted by molar-refractivity contribution is 7.89. The van der Waals surface area contributed by atoms with Crippen molar-refractivity contribution in [3.63, 3.8) is 0 Å². The van der Waals surface area contributed by atoms with Crippen molar-refractivity contribution < 1.29 is 13.2 Å². The van der Waals surface area contributed by atoms with Crippen LogP contribution in [0.1, 0.15) is 24.2 Å². The van der Waals surface area contributed by atoms with E-state index in [4.69, 9.17) is 0 Å². The van der Waals surface area contributed by atoms with Crippen LogP contribution in [0.5, 0.6) is 0 Å². The van der Waals surface area contributed by atoms with Gasteiger partial charge in [0.2, 0.25) is 15.9 Å². The third-order valence-electron chi connectivity index (χ3n) is 5.57. The van der Waals surface area contributed by atoms with Crippen LogP contribution in [0.15, 0.2) is 65.6 Å². The summed E-state index contributed by atoms with van der Waals surface area (Å²) in [5, 5.41) is 7.47. The maximum absolute atomic E-state index is 12.8. The zero-order valence-electron chi connectivity index (χ0n) is 17.7. The summed E-state index contributed by atoms with van der Waals surface area (Å²) in [7, 11) is -3.52. The molecule has 1 aromatic heterocycles. The average molecular weight is 439 g/mol. The number of benzene rings is 2. The summed E-state index contributed by atoms with van der Waals surface area (Å²) in [6.07, 6.45) is 0.990. The Bertz CT molecular complexity index is 1180. The molecule has 1 aliphatic heterocycles. The molecular formula is C23H26N4O3S. The van der Waals surface area contributed by atoms with Gasteiger partial charge in [0, 0.05) is 30.4 Å². The Morgan fingerprint density at radius 1 is 1.00 bits per heavy atom. The lowest BCUT2D eigenvalue weighted by molar-refractivity contribution is -0.120. The van der Waals surface area contributed by atoms with E-state index in [1.807, 2.05) is 48.9 Å². The van der Waals surface area contributed by atoms with Crippen LogP contribution in [0.2, 0.25) is 0 Å². The van der Waals surface area contributed by atoms with Crippen molar-refractivity contribution in [2.24, 2.45) is 5.92 Å². The third-order valence-corrected chi connectivity index (χ3v) is 7.49. The quantitative estimate of drug-likeness (QED) is 0.661. The normalized spacial score (nSPS) is 15.7. The molecule has 1 amide bonds. The smallest absolute Gasteiger partial charge is 0.243 e. The summed E-state index contributed by atoms with van der Waals surface area (Å²) >= 11 is 0. The number of hydrogen-bond donors (Lipinski definition) is 1. The van der Waals surface area contributed by atoms with Crippen molar-refractivity contribution in [3.8, 4) is 5.69 Å². The largest absolute Gasteiger partial charge is 0.326 e. The van der Waals surface area contributed by atoms with Gasteiger partial charge in [-0.15, -0.1) is 0 Å². The van der Waals surface area contributed by atoms with E-state index in [1.165, 1.54) is 4.31 Å². The molecule has 0 aliphatic carbocycles. The van der Waals surface area contributed by atoms with Crippen molar-refractivity contribution in [2.75, 3.05) is 18.4 Å². The van der Waals surface area contributed by atoms with Gasteiger partial charge in [-0.1, -0.05) is 24.3 Å². The van der Waals surface area contributed by atoms with Gasteiger partial charge in [-0.2, -0.15) is 9.40 Å². The Morgan fingerprint density at radius 2 is 1.71 bits per heavy atom. The number of aryl methyl sites for hydroxylation is 2. The molecule has 1 aliphatic rings. The van der Waals surface area contributed by atoms with E-state index < -0.39 is 10.0 Å². The molecule has 1 saturated heterocycles. The van der Waals surface area contributed by atoms with E-state index in [0.29, 0.717) is 36.5 Å². The molecule has 0 saturated carbocycles. The fourth-order valence-electron chi connectivity index (χ4n) is 3.95. The number of nitrogens with one attached hydrogen (secondary N) is 1. The summed E-state index contributed by atoms with van der Waals surface area (Å²) in [6.45, 7) is 4.60. The standard InChI is InChI=1S/C23H26N4O3S/c1-17-15-18(2)27(25-17)21-8-6-7-20(16-21)24-23(28)19-11-13-26(14-12-19)31(29,30)22-9-4-3-5-10-22/h3-10,15-16,19H,11-14H2,1-2H3,(H,24,28). The van der Waals surface area contributed by atoms with E-state index in [2.05, 4.69) is 10.4 Å². The van der Waals surface area contributed by atoms with Crippen LogP contribution in [0, 0.1) is 19.8 Å². The van der Waals surface area contributed by atoms with Crippen LogP contribution < -0.4 is 5.32 Å². The van der Waals surface area contributed by atoms with Crippen LogP contribution >= 0.6 is 0 Å². The van der Waals surface area contributed by atoms with Crippen LogP contribution in [-0.4, -0.2) is 41.5 Å². The highest BCUT2D eigenvalue weighted by Gasteiger charge is 2.32. The number of rotatable bonds is 5. The van der Waals surface area contributed by atoms with Gasteiger partial charge in [-0.25, -0.2) is 13.1 Å². The van der Waals surface area contributed by atoms with Gasteiger partial charge in [-0.3, -0.25) is 4.79 Å². The zero-order chi connectivity index (χ0) is 22.0. The number of hydrogen-bond acceptors (Lipinski definition) is 4. The SMILES string of the molecule is Cc1cc(C)n(-c2cccc(NC(=O)C3CCN(S(=O)(=O)c4ccccc4)CC3)c2)n1. The topological polar surface area (TPSA) is 84.3 Å². The first-order valence-corrected chi connectivity index (χ1v) is 11.8. The maximum Gasteiger partial charge on any atom is 0.243 e. The average Bonchev–Trinajstić information content (AvgIpc) is 3.12. The number of piperidine rings is 1. The fraction of sp³-hybridized carbons (Fsp3) is 0.304. The molecule has 0 atom stereocenters. The van der Waals surface area contributed by atoms with Gasteiger partial charge in [0.05, 0.1) is 16.3 Å². The highest BCUT2D eigenvalue weighted by atomic mass is 32.2. The molecule has 0 radical (unpaired) electrons. The van der Waals surface area contributed by atoms with E-state index in [1.54, 1.807) is 30.3 Å². The molecule has 2 aromatic carbocycles. The summed E-state index contributed by atoms with van der Waals surface area (Å²) in [5.41, 5.74) is 3.54. The third kappa shape index (κ3) is 4.55. The Balaban J connectivity index is 1.40. The molecule has 162 valence electrons. The second-order valence-corrected chi connectivity index (χ2v) is 9.81. The minimum Gasteiger partial charge on any atom is -0.326 e. The van der Waals surface area contributed by atoms with Crippen molar-refractivity contribution in [1.29, 1.82) is 0 Å². The Kier molecular flexibility index (Phi) is 5.93. The monoisotopic (exact) mass is 438 g/mol. The van der Waals surface area contributed by atoms with Crippen molar-refractivity contribution in [3.05, 3.63) is 72.1 Å². The summed E-state index contributed by atoms with van der Waals surface area (Å²) in [4.78, 5) is 13.1. The lowest BCUT2D eigenvalue weighted by Gasteiger charge is -2.30. The van der Waals surface area contributed by atoms with Crippen LogP contribution in [-0.2, 0) is 14.8 Å². The molecule has 1 fully saturated rings. The molecule has 0 spiro atoms. The molecular weight excluding hydrogens is 412 g/mol. The van der Waals surface area contributed by atoms with Gasteiger partial charge in [0.25, 0.3) is 0 Å². The molecule has 0 bridgehead atoms. The Labute approximate surface area is 182 Å². The van der Waals surface area contributed by atoms with Crippen molar-refractivity contribution in [2.45, 2.75) is 31.6 Å². The Hall–Kier alpha value is -2.97. The number of aromatic nitrogens is 2. The lowest BCUT2D eigenvalue weighted by Crippen LogP contribution is -2.41. The summed E-state index contributed by atoms with van der Waals surface area (Å²) in [6, 6.07) is 18.0. The minimum absolute atomic E-state index is 0.0812. The number of carbonyl (C=O) groups is 1. The van der Waals surface area contributed by atoms with Crippen molar-refractivity contribution in [1.82, 2.24) is 14.1 Å². The highest BCUT2D eigenvalue weighted by Crippen LogP contribution is 2.25. The molecule has 4 rings (SSSR count). The molecule has 7 nitrogen and oxygen atoms in total. The Morgan fingerprint density at radius 3 is 2.35 bits per heavy atom. The number of sulfonamides is 1. The molecule has 8 heteroatoms. The van der Waals surface area contributed by atoms with Crippen molar-refractivity contribution >= 4 is 21.6 Å². The second-order valence-electron chi connectivity index (χ2n) is 7.87. The fourth-order valence-corrected chi connectivity index (χ4v) is 5.44. The number of anilines is 1. The molecule has 3 aromatic rings. The van der Waals surface area contributed by atoms with E-state index in [0.717, 1.165) is 17.1 Å². The lowest BCUT2D eigenvalue weighted by atomic mass is 9.97. The molecule has 0 unspecified atom stereocenters. The number of amides is 1. The van der Waals surface area contributed by atoms with Gasteiger partial charge in [0.15, 0.2) is 0 Å². The summed E-state index contributed by atoms with van der Waals surface area (Å²) in [5.74, 6) is -0.304. The first-order valence-electron chi connectivity index (χ1n) is 10.3. The first kappa shape index (κ1) is 21.3.